The number of halogens is 2. The Labute approximate surface area is 137 Å². The molecule has 0 saturated carbocycles. The molecule has 0 unspecified atom stereocenters. The third kappa shape index (κ3) is 3.43. The molecule has 0 fully saturated rings. The van der Waals surface area contributed by atoms with Crippen LogP contribution in [0.3, 0.4) is 0 Å². The van der Waals surface area contributed by atoms with Gasteiger partial charge in [-0.15, -0.1) is 0 Å². The number of benzene rings is 1. The summed E-state index contributed by atoms with van der Waals surface area (Å²) in [6.45, 7) is 0.955. The van der Waals surface area contributed by atoms with Crippen LogP contribution in [0.4, 0.5) is 5.69 Å². The molecule has 1 aliphatic rings. The van der Waals surface area contributed by atoms with Gasteiger partial charge in [-0.05, 0) is 11.6 Å². The molecule has 2 aromatic rings. The van der Waals surface area contributed by atoms with Crippen molar-refractivity contribution in [3.8, 4) is 11.5 Å². The predicted molar refractivity (Wildman–Crippen MR) is 84.0 cm³/mol. The van der Waals surface area contributed by atoms with Crippen molar-refractivity contribution in [2.24, 2.45) is 0 Å². The van der Waals surface area contributed by atoms with Crippen molar-refractivity contribution in [3.05, 3.63) is 46.2 Å². The summed E-state index contributed by atoms with van der Waals surface area (Å²) in [5.41, 5.74) is 1.24. The zero-order valence-electron chi connectivity index (χ0n) is 11.4. The summed E-state index contributed by atoms with van der Waals surface area (Å²) in [4.78, 5) is 16.0. The lowest BCUT2D eigenvalue weighted by Gasteiger charge is -2.20. The minimum absolute atomic E-state index is 0.176. The Bertz CT molecular complexity index is 705. The predicted octanol–water partition coefficient (Wildman–Crippen LogP) is 3.34. The van der Waals surface area contributed by atoms with Crippen molar-refractivity contribution in [1.29, 1.82) is 0 Å². The van der Waals surface area contributed by atoms with Crippen molar-refractivity contribution >= 4 is 34.8 Å². The van der Waals surface area contributed by atoms with Gasteiger partial charge >= 0.3 is 0 Å². The lowest BCUT2D eigenvalue weighted by Crippen LogP contribution is -2.17. The van der Waals surface area contributed by atoms with Gasteiger partial charge in [-0.1, -0.05) is 29.3 Å². The number of hydrogen-bond acceptors (Lipinski definition) is 4. The number of fused-ring (bicyclic) bond motifs is 1. The quantitative estimate of drug-likeness (QED) is 0.872. The summed E-state index contributed by atoms with van der Waals surface area (Å²) in [5, 5.41) is 3.54. The van der Waals surface area contributed by atoms with Crippen LogP contribution >= 0.6 is 23.2 Å². The van der Waals surface area contributed by atoms with E-state index < -0.39 is 0 Å². The van der Waals surface area contributed by atoms with Gasteiger partial charge in [0.05, 0.1) is 17.1 Å². The molecule has 22 heavy (non-hydrogen) atoms. The van der Waals surface area contributed by atoms with Gasteiger partial charge in [0.25, 0.3) is 0 Å². The van der Waals surface area contributed by atoms with E-state index >= 15 is 0 Å². The van der Waals surface area contributed by atoms with Crippen molar-refractivity contribution in [2.75, 3.05) is 18.5 Å². The van der Waals surface area contributed by atoms with Gasteiger partial charge in [0.2, 0.25) is 5.91 Å². The molecule has 1 aromatic carbocycles. The first-order chi connectivity index (χ1) is 10.6. The number of hydrogen-bond donors (Lipinski definition) is 1. The molecule has 1 aliphatic heterocycles. The highest BCUT2D eigenvalue weighted by molar-refractivity contribution is 6.34. The number of anilines is 1. The van der Waals surface area contributed by atoms with Crippen molar-refractivity contribution in [3.63, 3.8) is 0 Å². The molecule has 0 bridgehead atoms. The normalized spacial score (nSPS) is 12.8. The second-order valence-electron chi connectivity index (χ2n) is 4.69. The third-order valence-electron chi connectivity index (χ3n) is 3.06. The molecule has 5 nitrogen and oxygen atoms in total. The largest absolute Gasteiger partial charge is 0.486 e. The average Bonchev–Trinajstić information content (AvgIpc) is 2.50. The molecule has 0 atom stereocenters. The average molecular weight is 339 g/mol. The molecular formula is C15H12Cl2N2O3. The van der Waals surface area contributed by atoms with Gasteiger partial charge < -0.3 is 14.8 Å². The summed E-state index contributed by atoms with van der Waals surface area (Å²) in [7, 11) is 0. The molecular weight excluding hydrogens is 327 g/mol. The van der Waals surface area contributed by atoms with E-state index in [4.69, 9.17) is 32.7 Å². The monoisotopic (exact) mass is 338 g/mol. The highest BCUT2D eigenvalue weighted by Gasteiger charge is 2.16. The Morgan fingerprint density at radius 3 is 2.59 bits per heavy atom. The lowest BCUT2D eigenvalue weighted by molar-refractivity contribution is -0.115. The number of aromatic nitrogens is 1. The van der Waals surface area contributed by atoms with E-state index in [-0.39, 0.29) is 12.3 Å². The third-order valence-corrected chi connectivity index (χ3v) is 3.60. The fraction of sp³-hybridized carbons (Fsp3) is 0.200. The molecule has 0 aliphatic carbocycles. The van der Waals surface area contributed by atoms with E-state index in [9.17, 15) is 4.79 Å². The Morgan fingerprint density at radius 2 is 1.91 bits per heavy atom. The van der Waals surface area contributed by atoms with Crippen molar-refractivity contribution < 1.29 is 14.3 Å². The topological polar surface area (TPSA) is 60.5 Å². The van der Waals surface area contributed by atoms with E-state index in [2.05, 4.69) is 10.3 Å². The number of carbonyl (C=O) groups is 1. The minimum Gasteiger partial charge on any atom is -0.486 e. The fourth-order valence-corrected chi connectivity index (χ4v) is 2.36. The number of nitrogens with one attached hydrogen (secondary N) is 1. The highest BCUT2D eigenvalue weighted by Crippen LogP contribution is 2.37. The number of ether oxygens (including phenoxy) is 2. The van der Waals surface area contributed by atoms with E-state index in [1.807, 2.05) is 0 Å². The molecule has 114 valence electrons. The molecule has 0 spiro atoms. The summed E-state index contributed by atoms with van der Waals surface area (Å²) < 4.78 is 10.9. The maximum absolute atomic E-state index is 12.1. The molecule has 1 N–H and O–H groups in total. The summed E-state index contributed by atoms with van der Waals surface area (Å²) >= 11 is 11.9. The van der Waals surface area contributed by atoms with Crippen LogP contribution in [0, 0.1) is 0 Å². The second kappa shape index (κ2) is 6.42. The second-order valence-corrected chi connectivity index (χ2v) is 5.48. The highest BCUT2D eigenvalue weighted by atomic mass is 35.5. The Balaban J connectivity index is 1.72. The van der Waals surface area contributed by atoms with E-state index in [0.29, 0.717) is 40.6 Å². The minimum atomic E-state index is -0.206. The van der Waals surface area contributed by atoms with Crippen molar-refractivity contribution in [1.82, 2.24) is 4.98 Å². The Kier molecular flexibility index (Phi) is 4.36. The maximum atomic E-state index is 12.1. The van der Waals surface area contributed by atoms with Gasteiger partial charge in [-0.3, -0.25) is 4.79 Å². The molecule has 2 heterocycles. The molecule has 1 amide bonds. The molecule has 0 saturated heterocycles. The SMILES string of the molecule is O=C(Cc1ccc(Cl)nc1)Nc1cc2c(cc1Cl)OCCO2. The van der Waals surface area contributed by atoms with Crippen LogP contribution < -0.4 is 14.8 Å². The lowest BCUT2D eigenvalue weighted by atomic mass is 10.2. The van der Waals surface area contributed by atoms with E-state index in [1.165, 1.54) is 0 Å². The first kappa shape index (κ1) is 14.9. The first-order valence-corrected chi connectivity index (χ1v) is 7.37. The van der Waals surface area contributed by atoms with Gasteiger partial charge in [-0.25, -0.2) is 4.98 Å². The molecule has 7 heteroatoms. The molecule has 3 rings (SSSR count). The standard InChI is InChI=1S/C15H12Cl2N2O3/c16-10-6-12-13(22-4-3-21-12)7-11(10)19-15(20)5-9-1-2-14(17)18-8-9/h1-2,6-8H,3-5H2,(H,19,20). The zero-order valence-corrected chi connectivity index (χ0v) is 12.9. The van der Waals surface area contributed by atoms with Crippen LogP contribution in [0.15, 0.2) is 30.5 Å². The zero-order chi connectivity index (χ0) is 15.5. The van der Waals surface area contributed by atoms with Crippen LogP contribution in [0.5, 0.6) is 11.5 Å². The van der Waals surface area contributed by atoms with Crippen LogP contribution in [-0.4, -0.2) is 24.1 Å². The van der Waals surface area contributed by atoms with E-state index in [1.54, 1.807) is 30.5 Å². The van der Waals surface area contributed by atoms with Crippen LogP contribution in [-0.2, 0) is 11.2 Å². The summed E-state index contributed by atoms with van der Waals surface area (Å²) in [6.07, 6.45) is 1.74. The number of rotatable bonds is 3. The van der Waals surface area contributed by atoms with Gasteiger partial charge in [-0.2, -0.15) is 0 Å². The Hall–Kier alpha value is -1.98. The maximum Gasteiger partial charge on any atom is 0.228 e. The summed E-state index contributed by atoms with van der Waals surface area (Å²) in [6, 6.07) is 6.69. The fourth-order valence-electron chi connectivity index (χ4n) is 2.05. The van der Waals surface area contributed by atoms with Crippen LogP contribution in [0.1, 0.15) is 5.56 Å². The van der Waals surface area contributed by atoms with Gasteiger partial charge in [0.15, 0.2) is 11.5 Å². The number of carbonyl (C=O) groups excluding carboxylic acids is 1. The molecule has 0 radical (unpaired) electrons. The smallest absolute Gasteiger partial charge is 0.228 e. The number of nitrogens with zero attached hydrogens (tertiary/aromatic N) is 1. The van der Waals surface area contributed by atoms with Crippen molar-refractivity contribution in [2.45, 2.75) is 6.42 Å². The summed E-state index contributed by atoms with van der Waals surface area (Å²) in [5.74, 6) is 0.943. The number of amides is 1. The van der Waals surface area contributed by atoms with Gasteiger partial charge in [0.1, 0.15) is 18.4 Å². The molecule has 1 aromatic heterocycles. The van der Waals surface area contributed by atoms with Gasteiger partial charge in [0, 0.05) is 18.3 Å². The number of pyridine rings is 1. The van der Waals surface area contributed by atoms with Crippen LogP contribution in [0.2, 0.25) is 10.2 Å². The Morgan fingerprint density at radius 1 is 1.18 bits per heavy atom. The van der Waals surface area contributed by atoms with Crippen LogP contribution in [0.25, 0.3) is 0 Å². The van der Waals surface area contributed by atoms with E-state index in [0.717, 1.165) is 5.56 Å². The first-order valence-electron chi connectivity index (χ1n) is 6.61.